The Morgan fingerprint density at radius 1 is 0.800 bits per heavy atom. The second kappa shape index (κ2) is 8.67. The zero-order valence-corrected chi connectivity index (χ0v) is 18.0. The van der Waals surface area contributed by atoms with E-state index in [1.54, 1.807) is 95.7 Å². The summed E-state index contributed by atoms with van der Waals surface area (Å²) in [6.45, 7) is 6.30. The van der Waals surface area contributed by atoms with Crippen LogP contribution in [0.5, 0.6) is 0 Å². The van der Waals surface area contributed by atoms with Gasteiger partial charge in [-0.25, -0.2) is 0 Å². The molecule has 3 heterocycles. The Morgan fingerprint density at radius 2 is 1.52 bits per heavy atom. The van der Waals surface area contributed by atoms with Crippen LogP contribution in [-0.4, -0.2) is 24.7 Å². The molecular formula is C23H42BP. The van der Waals surface area contributed by atoms with Gasteiger partial charge in [0.2, 0.25) is 0 Å². The van der Waals surface area contributed by atoms with E-state index in [1.165, 1.54) is 0 Å². The SMILES string of the molecule is CC1C[P@@](CCCCCB2C3CCCC2CCC3)[C@H]2CC1CCC2C. The molecule has 4 aliphatic rings. The smallest absolute Gasteiger partial charge is 0.103 e. The van der Waals surface area contributed by atoms with Crippen molar-refractivity contribution in [2.75, 3.05) is 12.3 Å². The van der Waals surface area contributed by atoms with Gasteiger partial charge in [0.05, 0.1) is 0 Å². The van der Waals surface area contributed by atoms with E-state index < -0.39 is 0 Å². The Balaban J connectivity index is 1.18. The average Bonchev–Trinajstić information content (AvgIpc) is 2.60. The Bertz CT molecular complexity index is 402. The van der Waals surface area contributed by atoms with E-state index in [4.69, 9.17) is 0 Å². The van der Waals surface area contributed by atoms with Crippen molar-refractivity contribution in [3.05, 3.63) is 0 Å². The molecule has 25 heavy (non-hydrogen) atoms. The molecule has 3 unspecified atom stereocenters. The molecule has 0 nitrogen and oxygen atoms in total. The Morgan fingerprint density at radius 3 is 2.24 bits per heavy atom. The van der Waals surface area contributed by atoms with Crippen LogP contribution in [0.25, 0.3) is 0 Å². The van der Waals surface area contributed by atoms with Crippen LogP contribution in [0.4, 0.5) is 0 Å². The first kappa shape index (κ1) is 18.8. The van der Waals surface area contributed by atoms with E-state index in [9.17, 15) is 0 Å². The van der Waals surface area contributed by atoms with Crippen molar-refractivity contribution in [3.63, 3.8) is 0 Å². The molecule has 0 aromatic carbocycles. The Labute approximate surface area is 159 Å². The van der Waals surface area contributed by atoms with E-state index in [2.05, 4.69) is 13.8 Å². The van der Waals surface area contributed by atoms with Crippen LogP contribution in [0, 0.1) is 17.8 Å². The first-order valence-corrected chi connectivity index (χ1v) is 13.7. The lowest BCUT2D eigenvalue weighted by atomic mass is 9.26. The zero-order valence-electron chi connectivity index (χ0n) is 17.1. The number of rotatable bonds is 6. The van der Waals surface area contributed by atoms with Gasteiger partial charge in [-0.2, -0.15) is 0 Å². The van der Waals surface area contributed by atoms with Gasteiger partial charge in [0, 0.05) is 0 Å². The van der Waals surface area contributed by atoms with Crippen LogP contribution < -0.4 is 0 Å². The van der Waals surface area contributed by atoms with Crippen molar-refractivity contribution < 1.29 is 0 Å². The van der Waals surface area contributed by atoms with Gasteiger partial charge in [0.15, 0.2) is 0 Å². The molecular weight excluding hydrogens is 318 g/mol. The summed E-state index contributed by atoms with van der Waals surface area (Å²) < 4.78 is 0. The molecule has 0 amide bonds. The van der Waals surface area contributed by atoms with E-state index >= 15 is 0 Å². The van der Waals surface area contributed by atoms with Gasteiger partial charge >= 0.3 is 0 Å². The van der Waals surface area contributed by atoms with Crippen molar-refractivity contribution in [1.29, 1.82) is 0 Å². The predicted octanol–water partition coefficient (Wildman–Crippen LogP) is 7.70. The third-order valence-electron chi connectivity index (χ3n) is 8.98. The third kappa shape index (κ3) is 4.33. The largest absolute Gasteiger partial charge is 0.146 e. The van der Waals surface area contributed by atoms with Gasteiger partial charge in [-0.15, -0.1) is 7.92 Å². The molecule has 142 valence electrons. The number of unbranched alkanes of at least 4 members (excludes halogenated alkanes) is 2. The van der Waals surface area contributed by atoms with Crippen LogP contribution in [0.3, 0.4) is 0 Å². The highest BCUT2D eigenvalue weighted by Gasteiger charge is 2.40. The van der Waals surface area contributed by atoms with Crippen molar-refractivity contribution in [2.24, 2.45) is 17.8 Å². The molecule has 4 rings (SSSR count). The monoisotopic (exact) mass is 360 g/mol. The topological polar surface area (TPSA) is 0 Å². The maximum Gasteiger partial charge on any atom is 0.146 e. The molecule has 0 radical (unpaired) electrons. The molecule has 4 fully saturated rings. The summed E-state index contributed by atoms with van der Waals surface area (Å²) in [4.78, 5) is 0. The van der Waals surface area contributed by atoms with Crippen LogP contribution >= 0.6 is 7.92 Å². The summed E-state index contributed by atoms with van der Waals surface area (Å²) in [5.74, 6) is 5.48. The van der Waals surface area contributed by atoms with Crippen molar-refractivity contribution in [2.45, 2.75) is 115 Å². The maximum atomic E-state index is 2.58. The quantitative estimate of drug-likeness (QED) is 0.259. The summed E-state index contributed by atoms with van der Waals surface area (Å²) in [7, 11) is 0.370. The van der Waals surface area contributed by atoms with Gasteiger partial charge in [-0.05, 0) is 61.4 Å². The Kier molecular flexibility index (Phi) is 6.53. The lowest BCUT2D eigenvalue weighted by Crippen LogP contribution is -2.37. The second-order valence-corrected chi connectivity index (χ2v) is 13.1. The lowest BCUT2D eigenvalue weighted by Gasteiger charge is -2.47. The third-order valence-corrected chi connectivity index (χ3v) is 12.6. The number of hydrogen-bond acceptors (Lipinski definition) is 0. The summed E-state index contributed by atoms with van der Waals surface area (Å²) >= 11 is 0. The highest BCUT2D eigenvalue weighted by molar-refractivity contribution is 7.58. The molecule has 1 aliphatic carbocycles. The lowest BCUT2D eigenvalue weighted by molar-refractivity contribution is 0.226. The fraction of sp³-hybridized carbons (Fsp3) is 1.00. The standard InChI is InChI=1S/C23H42BP/c1-18-12-13-20-16-23(18)25(17-19(20)2)15-5-3-4-14-24-21-8-6-9-22(24)11-7-10-21/h18-23H,3-17H2,1-2H3/t18?,19?,20?,21?,22?,23-,25+/m0/s1. The summed E-state index contributed by atoms with van der Waals surface area (Å²) in [6, 6.07) is 0. The minimum absolute atomic E-state index is 0.370. The van der Waals surface area contributed by atoms with Crippen LogP contribution in [-0.2, 0) is 0 Å². The summed E-state index contributed by atoms with van der Waals surface area (Å²) in [6.07, 6.45) is 23.6. The second-order valence-electron chi connectivity index (χ2n) is 10.5. The molecule has 5 atom stereocenters. The van der Waals surface area contributed by atoms with Crippen molar-refractivity contribution >= 4 is 14.6 Å². The Hall–Kier alpha value is 0.495. The van der Waals surface area contributed by atoms with Gasteiger partial charge in [-0.3, -0.25) is 0 Å². The molecule has 3 aliphatic heterocycles. The van der Waals surface area contributed by atoms with Crippen LogP contribution in [0.15, 0.2) is 0 Å². The normalized spacial score (nSPS) is 43.9. The van der Waals surface area contributed by atoms with Crippen molar-refractivity contribution in [1.82, 2.24) is 0 Å². The molecule has 0 N–H and O–H groups in total. The first-order valence-electron chi connectivity index (χ1n) is 12.0. The zero-order chi connectivity index (χ0) is 17.2. The molecule has 3 saturated heterocycles. The fourth-order valence-electron chi connectivity index (χ4n) is 7.42. The minimum Gasteiger partial charge on any atom is -0.103 e. The molecule has 4 bridgehead atoms. The molecule has 2 heteroatoms. The number of fused-ring (bicyclic) bond motifs is 4. The fourth-order valence-corrected chi connectivity index (χ4v) is 11.3. The first-order chi connectivity index (χ1) is 12.2. The van der Waals surface area contributed by atoms with Gasteiger partial charge in [0.25, 0.3) is 0 Å². The van der Waals surface area contributed by atoms with E-state index in [0.29, 0.717) is 7.92 Å². The maximum absolute atomic E-state index is 2.58. The van der Waals surface area contributed by atoms with E-state index in [-0.39, 0.29) is 0 Å². The molecule has 1 saturated carbocycles. The van der Waals surface area contributed by atoms with E-state index in [1.807, 2.05) is 0 Å². The highest BCUT2D eigenvalue weighted by Crippen LogP contribution is 2.58. The van der Waals surface area contributed by atoms with E-state index in [0.717, 1.165) is 41.8 Å². The van der Waals surface area contributed by atoms with Crippen LogP contribution in [0.2, 0.25) is 18.0 Å². The predicted molar refractivity (Wildman–Crippen MR) is 116 cm³/mol. The highest BCUT2D eigenvalue weighted by atomic mass is 31.1. The number of hydrogen-bond donors (Lipinski definition) is 0. The molecule has 0 aromatic rings. The minimum atomic E-state index is 0.370. The van der Waals surface area contributed by atoms with Gasteiger partial charge in [-0.1, -0.05) is 83.2 Å². The van der Waals surface area contributed by atoms with Crippen molar-refractivity contribution in [3.8, 4) is 0 Å². The molecule has 0 spiro atoms. The van der Waals surface area contributed by atoms with Gasteiger partial charge < -0.3 is 0 Å². The summed E-state index contributed by atoms with van der Waals surface area (Å²) in [5, 5.41) is 0. The van der Waals surface area contributed by atoms with Crippen LogP contribution in [0.1, 0.15) is 90.9 Å². The summed E-state index contributed by atoms with van der Waals surface area (Å²) in [5.41, 5.74) is 1.16. The van der Waals surface area contributed by atoms with Gasteiger partial charge in [0.1, 0.15) is 6.71 Å². The molecule has 0 aromatic heterocycles. The average molecular weight is 360 g/mol.